The van der Waals surface area contributed by atoms with Crippen molar-refractivity contribution in [3.05, 3.63) is 61.3 Å². The molecule has 7 heteroatoms. The molecule has 0 bridgehead atoms. The largest absolute Gasteiger partial charge is 0.450 e. The van der Waals surface area contributed by atoms with Crippen molar-refractivity contribution in [2.24, 2.45) is 0 Å². The molecule has 3 aromatic rings. The number of rotatable bonds is 3. The number of aryl methyl sites for hydroxylation is 3. The zero-order valence-corrected chi connectivity index (χ0v) is 17.4. The van der Waals surface area contributed by atoms with Gasteiger partial charge in [-0.05, 0) is 62.3 Å². The van der Waals surface area contributed by atoms with Crippen LogP contribution in [0, 0.1) is 13.8 Å². The van der Waals surface area contributed by atoms with Crippen LogP contribution >= 0.6 is 11.3 Å². The van der Waals surface area contributed by atoms with Gasteiger partial charge in [0.2, 0.25) is 0 Å². The molecule has 0 radical (unpaired) electrons. The Bertz CT molecular complexity index is 1210. The van der Waals surface area contributed by atoms with Crippen LogP contribution in [0.15, 0.2) is 27.4 Å². The first-order valence-electron chi connectivity index (χ1n) is 9.62. The van der Waals surface area contributed by atoms with Gasteiger partial charge in [-0.25, -0.2) is 0 Å². The molecule has 0 atom stereocenters. The smallest absolute Gasteiger partial charge is 0.292 e. The summed E-state index contributed by atoms with van der Waals surface area (Å²) in [5.74, 6) is -0.815. The molecule has 0 fully saturated rings. The normalized spacial score (nSPS) is 13.2. The van der Waals surface area contributed by atoms with Gasteiger partial charge >= 0.3 is 0 Å². The molecule has 2 aromatic heterocycles. The van der Waals surface area contributed by atoms with Crippen molar-refractivity contribution in [3.63, 3.8) is 0 Å². The monoisotopic (exact) mass is 410 g/mol. The average molecular weight is 410 g/mol. The molecule has 1 aliphatic carbocycles. The van der Waals surface area contributed by atoms with Crippen LogP contribution in [-0.4, -0.2) is 18.9 Å². The van der Waals surface area contributed by atoms with Crippen molar-refractivity contribution in [2.75, 3.05) is 12.4 Å². The summed E-state index contributed by atoms with van der Waals surface area (Å²) in [5.41, 5.74) is 3.49. The summed E-state index contributed by atoms with van der Waals surface area (Å²) in [6.07, 6.45) is 3.84. The first-order valence-corrected chi connectivity index (χ1v) is 10.4. The lowest BCUT2D eigenvalue weighted by Gasteiger charge is -2.12. The second kappa shape index (κ2) is 7.48. The second-order valence-corrected chi connectivity index (χ2v) is 8.41. The molecule has 2 heterocycles. The number of hydrogen-bond donors (Lipinski definition) is 2. The number of benzene rings is 1. The summed E-state index contributed by atoms with van der Waals surface area (Å²) in [5, 5.41) is 6.42. The standard InChI is InChI=1S/C22H22N2O4S/c1-11-8-9-13-15(25)10-16(28-19(13)12(11)2)20(26)24-22-18(21(27)23-3)14-6-4-5-7-17(14)29-22/h8-10H,4-7H2,1-3H3,(H,23,27)(H,24,26). The highest BCUT2D eigenvalue weighted by atomic mass is 32.1. The highest BCUT2D eigenvalue weighted by molar-refractivity contribution is 7.17. The molecule has 0 saturated carbocycles. The van der Waals surface area contributed by atoms with E-state index in [0.29, 0.717) is 21.5 Å². The van der Waals surface area contributed by atoms with E-state index >= 15 is 0 Å². The molecule has 1 aliphatic rings. The number of anilines is 1. The molecule has 0 unspecified atom stereocenters. The molecule has 2 amide bonds. The van der Waals surface area contributed by atoms with E-state index in [1.807, 2.05) is 19.9 Å². The van der Waals surface area contributed by atoms with Crippen LogP contribution in [0.3, 0.4) is 0 Å². The molecule has 0 spiro atoms. The van der Waals surface area contributed by atoms with Gasteiger partial charge in [0.1, 0.15) is 10.6 Å². The third kappa shape index (κ3) is 3.35. The summed E-state index contributed by atoms with van der Waals surface area (Å²) >= 11 is 1.43. The van der Waals surface area contributed by atoms with E-state index in [-0.39, 0.29) is 17.1 Å². The Balaban J connectivity index is 1.75. The minimum atomic E-state index is -0.534. The zero-order chi connectivity index (χ0) is 20.7. The lowest BCUT2D eigenvalue weighted by atomic mass is 9.95. The van der Waals surface area contributed by atoms with Crippen LogP contribution in [0.2, 0.25) is 0 Å². The lowest BCUT2D eigenvalue weighted by molar-refractivity contribution is 0.0963. The zero-order valence-electron chi connectivity index (χ0n) is 16.6. The molecular weight excluding hydrogens is 388 g/mol. The molecular formula is C22H22N2O4S. The Kier molecular flexibility index (Phi) is 5.00. The third-order valence-corrected chi connectivity index (χ3v) is 6.70. The van der Waals surface area contributed by atoms with Crippen molar-refractivity contribution in [3.8, 4) is 0 Å². The van der Waals surface area contributed by atoms with E-state index in [2.05, 4.69) is 10.6 Å². The number of thiophene rings is 1. The van der Waals surface area contributed by atoms with E-state index in [4.69, 9.17) is 4.42 Å². The van der Waals surface area contributed by atoms with Crippen LogP contribution in [0.25, 0.3) is 11.0 Å². The van der Waals surface area contributed by atoms with Crippen molar-refractivity contribution >= 4 is 39.1 Å². The highest BCUT2D eigenvalue weighted by Gasteiger charge is 2.26. The molecule has 0 saturated heterocycles. The molecule has 6 nitrogen and oxygen atoms in total. The predicted octanol–water partition coefficient (Wildman–Crippen LogP) is 3.96. The van der Waals surface area contributed by atoms with E-state index in [1.54, 1.807) is 13.1 Å². The van der Waals surface area contributed by atoms with Crippen molar-refractivity contribution in [1.29, 1.82) is 0 Å². The molecule has 150 valence electrons. The van der Waals surface area contributed by atoms with E-state index in [0.717, 1.165) is 47.3 Å². The third-order valence-electron chi connectivity index (χ3n) is 5.49. The second-order valence-electron chi connectivity index (χ2n) is 7.31. The topological polar surface area (TPSA) is 88.4 Å². The maximum Gasteiger partial charge on any atom is 0.292 e. The Labute approximate surface area is 171 Å². The highest BCUT2D eigenvalue weighted by Crippen LogP contribution is 2.38. The van der Waals surface area contributed by atoms with Gasteiger partial charge in [-0.15, -0.1) is 11.3 Å². The van der Waals surface area contributed by atoms with Gasteiger partial charge in [0, 0.05) is 18.0 Å². The van der Waals surface area contributed by atoms with Crippen LogP contribution in [-0.2, 0) is 12.8 Å². The fourth-order valence-corrected chi connectivity index (χ4v) is 5.03. The quantitative estimate of drug-likeness (QED) is 0.684. The van der Waals surface area contributed by atoms with Crippen molar-refractivity contribution < 1.29 is 14.0 Å². The van der Waals surface area contributed by atoms with Crippen LogP contribution in [0.4, 0.5) is 5.00 Å². The Morgan fingerprint density at radius 1 is 1.10 bits per heavy atom. The number of carbonyl (C=O) groups is 2. The summed E-state index contributed by atoms with van der Waals surface area (Å²) < 4.78 is 5.81. The number of nitrogens with one attached hydrogen (secondary N) is 2. The summed E-state index contributed by atoms with van der Waals surface area (Å²) in [6.45, 7) is 3.78. The minimum absolute atomic E-state index is 0.0644. The molecule has 1 aromatic carbocycles. The van der Waals surface area contributed by atoms with Crippen LogP contribution in [0.1, 0.15) is 55.3 Å². The number of hydrogen-bond acceptors (Lipinski definition) is 5. The van der Waals surface area contributed by atoms with Crippen LogP contribution in [0.5, 0.6) is 0 Å². The first-order chi connectivity index (χ1) is 13.9. The van der Waals surface area contributed by atoms with Gasteiger partial charge in [0.05, 0.1) is 10.9 Å². The van der Waals surface area contributed by atoms with Gasteiger partial charge in [0.25, 0.3) is 11.8 Å². The minimum Gasteiger partial charge on any atom is -0.450 e. The SMILES string of the molecule is CNC(=O)c1c(NC(=O)c2cc(=O)c3ccc(C)c(C)c3o2)sc2c1CCCC2. The van der Waals surface area contributed by atoms with Gasteiger partial charge in [-0.1, -0.05) is 6.07 Å². The predicted molar refractivity (Wildman–Crippen MR) is 114 cm³/mol. The van der Waals surface area contributed by atoms with Crippen molar-refractivity contribution in [2.45, 2.75) is 39.5 Å². The lowest BCUT2D eigenvalue weighted by Crippen LogP contribution is -2.22. The maximum absolute atomic E-state index is 12.9. The average Bonchev–Trinajstić information content (AvgIpc) is 3.08. The fourth-order valence-electron chi connectivity index (χ4n) is 3.75. The summed E-state index contributed by atoms with van der Waals surface area (Å²) in [6, 6.07) is 4.78. The van der Waals surface area contributed by atoms with E-state index in [9.17, 15) is 14.4 Å². The number of amides is 2. The van der Waals surface area contributed by atoms with Gasteiger partial charge < -0.3 is 15.1 Å². The summed E-state index contributed by atoms with van der Waals surface area (Å²) in [7, 11) is 1.58. The molecule has 29 heavy (non-hydrogen) atoms. The molecule has 0 aliphatic heterocycles. The Morgan fingerprint density at radius 3 is 2.62 bits per heavy atom. The van der Waals surface area contributed by atoms with Gasteiger partial charge in [0.15, 0.2) is 11.2 Å². The maximum atomic E-state index is 12.9. The van der Waals surface area contributed by atoms with Crippen molar-refractivity contribution in [1.82, 2.24) is 5.32 Å². The fraction of sp³-hybridized carbons (Fsp3) is 0.318. The molecule has 4 rings (SSSR count). The Hall–Kier alpha value is -2.93. The Morgan fingerprint density at radius 2 is 1.86 bits per heavy atom. The van der Waals surface area contributed by atoms with Crippen LogP contribution < -0.4 is 16.1 Å². The first kappa shape index (κ1) is 19.4. The number of fused-ring (bicyclic) bond motifs is 2. The molecule has 2 N–H and O–H groups in total. The van der Waals surface area contributed by atoms with E-state index in [1.165, 1.54) is 17.4 Å². The van der Waals surface area contributed by atoms with Gasteiger partial charge in [-0.3, -0.25) is 14.4 Å². The van der Waals surface area contributed by atoms with Gasteiger partial charge in [-0.2, -0.15) is 0 Å². The summed E-state index contributed by atoms with van der Waals surface area (Å²) in [4.78, 5) is 39.0. The van der Waals surface area contributed by atoms with E-state index < -0.39 is 5.91 Å². The number of carbonyl (C=O) groups excluding carboxylic acids is 2.